The van der Waals surface area contributed by atoms with Crippen LogP contribution in [-0.2, 0) is 0 Å². The van der Waals surface area contributed by atoms with Crippen LogP contribution in [0.25, 0.3) is 10.4 Å². The highest BCUT2D eigenvalue weighted by Crippen LogP contribution is 2.35. The highest BCUT2D eigenvalue weighted by Gasteiger charge is 2.23. The first-order chi connectivity index (χ1) is 15.5. The largest absolute Gasteiger partial charge is 0.351 e. The SMILES string of the molecule is NC(=O)Nc1cc(-c2ccc(C(=O)N3CCCCC3)cc2)sc1C(=O)N[C@H]1CCCNC1. The average Bonchev–Trinajstić information content (AvgIpc) is 3.23. The number of carbonyl (C=O) groups is 3. The van der Waals surface area contributed by atoms with Gasteiger partial charge in [0.25, 0.3) is 11.8 Å². The molecule has 2 saturated heterocycles. The van der Waals surface area contributed by atoms with Crippen molar-refractivity contribution in [1.82, 2.24) is 15.5 Å². The molecule has 4 rings (SSSR count). The van der Waals surface area contributed by atoms with Gasteiger partial charge in [0.15, 0.2) is 0 Å². The van der Waals surface area contributed by atoms with E-state index in [-0.39, 0.29) is 17.9 Å². The number of nitrogens with two attached hydrogens (primary N) is 1. The van der Waals surface area contributed by atoms with Gasteiger partial charge in [0, 0.05) is 36.1 Å². The Bertz CT molecular complexity index is 976. The molecule has 3 heterocycles. The van der Waals surface area contributed by atoms with E-state index >= 15 is 0 Å². The van der Waals surface area contributed by atoms with Crippen molar-refractivity contribution in [2.24, 2.45) is 5.73 Å². The van der Waals surface area contributed by atoms with Crippen LogP contribution in [0.15, 0.2) is 30.3 Å². The monoisotopic (exact) mass is 455 g/mol. The second-order valence-corrected chi connectivity index (χ2v) is 9.34. The fourth-order valence-corrected chi connectivity index (χ4v) is 5.23. The fourth-order valence-electron chi connectivity index (χ4n) is 4.21. The lowest BCUT2D eigenvalue weighted by molar-refractivity contribution is 0.0724. The highest BCUT2D eigenvalue weighted by atomic mass is 32.1. The van der Waals surface area contributed by atoms with E-state index in [2.05, 4.69) is 16.0 Å². The lowest BCUT2D eigenvalue weighted by Gasteiger charge is -2.26. The number of rotatable bonds is 5. The molecular formula is C23H29N5O3S. The van der Waals surface area contributed by atoms with Crippen molar-refractivity contribution in [3.05, 3.63) is 40.8 Å². The van der Waals surface area contributed by atoms with Crippen LogP contribution in [-0.4, -0.2) is 55.0 Å². The average molecular weight is 456 g/mol. The van der Waals surface area contributed by atoms with Crippen LogP contribution in [0.5, 0.6) is 0 Å². The number of piperidine rings is 2. The highest BCUT2D eigenvalue weighted by molar-refractivity contribution is 7.18. The van der Waals surface area contributed by atoms with Gasteiger partial charge >= 0.3 is 6.03 Å². The summed E-state index contributed by atoms with van der Waals surface area (Å²) in [6, 6.07) is 8.49. The second kappa shape index (κ2) is 10.1. The third-order valence-corrected chi connectivity index (χ3v) is 7.07. The van der Waals surface area contributed by atoms with Crippen molar-refractivity contribution in [1.29, 1.82) is 0 Å². The van der Waals surface area contributed by atoms with E-state index in [1.807, 2.05) is 29.2 Å². The van der Waals surface area contributed by atoms with Gasteiger partial charge in [-0.1, -0.05) is 12.1 Å². The van der Waals surface area contributed by atoms with Gasteiger partial charge in [-0.15, -0.1) is 11.3 Å². The third-order valence-electron chi connectivity index (χ3n) is 5.89. The standard InChI is InChI=1S/C23H29N5O3S/c24-23(31)27-18-13-19(32-20(18)21(29)26-17-5-4-10-25-14-17)15-6-8-16(9-7-15)22(30)28-11-2-1-3-12-28/h6-9,13,17,25H,1-5,10-12,14H2,(H,26,29)(H3,24,27,31)/t17-/m0/s1. The Hall–Kier alpha value is -2.91. The molecule has 2 aliphatic heterocycles. The van der Waals surface area contributed by atoms with Gasteiger partial charge < -0.3 is 26.6 Å². The molecule has 0 unspecified atom stereocenters. The minimum atomic E-state index is -0.717. The molecule has 2 fully saturated rings. The maximum atomic E-state index is 12.9. The molecule has 0 saturated carbocycles. The zero-order valence-electron chi connectivity index (χ0n) is 18.0. The zero-order valence-corrected chi connectivity index (χ0v) is 18.8. The molecule has 170 valence electrons. The normalized spacial score (nSPS) is 18.8. The number of thiophene rings is 1. The first-order valence-corrected chi connectivity index (χ1v) is 11.9. The predicted octanol–water partition coefficient (Wildman–Crippen LogP) is 3.01. The quantitative estimate of drug-likeness (QED) is 0.554. The Morgan fingerprint density at radius 2 is 1.81 bits per heavy atom. The van der Waals surface area contributed by atoms with E-state index in [1.54, 1.807) is 6.07 Å². The van der Waals surface area contributed by atoms with E-state index in [4.69, 9.17) is 5.73 Å². The fraction of sp³-hybridized carbons (Fsp3) is 0.435. The summed E-state index contributed by atoms with van der Waals surface area (Å²) in [5.74, 6) is -0.171. The summed E-state index contributed by atoms with van der Waals surface area (Å²) in [6.07, 6.45) is 5.21. The van der Waals surface area contributed by atoms with Crippen LogP contribution in [0, 0.1) is 0 Å². The molecule has 0 radical (unpaired) electrons. The van der Waals surface area contributed by atoms with Crippen LogP contribution in [0.4, 0.5) is 10.5 Å². The van der Waals surface area contributed by atoms with Crippen LogP contribution in [0.1, 0.15) is 52.1 Å². The van der Waals surface area contributed by atoms with Crippen LogP contribution < -0.4 is 21.7 Å². The number of hydrogen-bond acceptors (Lipinski definition) is 5. The molecule has 1 aromatic carbocycles. The Kier molecular flexibility index (Phi) is 7.06. The molecule has 1 atom stereocenters. The van der Waals surface area contributed by atoms with E-state index < -0.39 is 6.03 Å². The van der Waals surface area contributed by atoms with Crippen LogP contribution in [0.2, 0.25) is 0 Å². The number of anilines is 1. The van der Waals surface area contributed by atoms with Gasteiger partial charge in [-0.3, -0.25) is 9.59 Å². The maximum absolute atomic E-state index is 12.9. The van der Waals surface area contributed by atoms with Gasteiger partial charge in [-0.2, -0.15) is 0 Å². The van der Waals surface area contributed by atoms with Crippen LogP contribution in [0.3, 0.4) is 0 Å². The molecule has 0 aliphatic carbocycles. The molecule has 0 bridgehead atoms. The van der Waals surface area contributed by atoms with Gasteiger partial charge in [0.05, 0.1) is 5.69 Å². The van der Waals surface area contributed by atoms with Crippen molar-refractivity contribution < 1.29 is 14.4 Å². The summed E-state index contributed by atoms with van der Waals surface area (Å²) in [5.41, 5.74) is 7.25. The number of amides is 4. The molecule has 2 aliphatic rings. The molecule has 2 aromatic rings. The number of benzene rings is 1. The summed E-state index contributed by atoms with van der Waals surface area (Å²) < 4.78 is 0. The molecule has 5 N–H and O–H groups in total. The van der Waals surface area contributed by atoms with Crippen molar-refractivity contribution in [2.45, 2.75) is 38.1 Å². The topological polar surface area (TPSA) is 117 Å². The molecular weight excluding hydrogens is 426 g/mol. The number of primary amides is 1. The molecule has 8 nitrogen and oxygen atoms in total. The van der Waals surface area contributed by atoms with Crippen molar-refractivity contribution in [3.63, 3.8) is 0 Å². The number of likely N-dealkylation sites (tertiary alicyclic amines) is 1. The minimum absolute atomic E-state index is 0.0553. The summed E-state index contributed by atoms with van der Waals surface area (Å²) in [6.45, 7) is 3.31. The number of nitrogens with one attached hydrogen (secondary N) is 3. The van der Waals surface area contributed by atoms with Crippen LogP contribution >= 0.6 is 11.3 Å². The first-order valence-electron chi connectivity index (χ1n) is 11.1. The van der Waals surface area contributed by atoms with Gasteiger partial charge in [0.2, 0.25) is 0 Å². The minimum Gasteiger partial charge on any atom is -0.351 e. The Labute approximate surface area is 191 Å². The summed E-state index contributed by atoms with van der Waals surface area (Å²) in [7, 11) is 0. The lowest BCUT2D eigenvalue weighted by atomic mass is 10.1. The van der Waals surface area contributed by atoms with E-state index in [0.29, 0.717) is 16.1 Å². The second-order valence-electron chi connectivity index (χ2n) is 8.29. The van der Waals surface area contributed by atoms with Crippen molar-refractivity contribution in [3.8, 4) is 10.4 Å². The summed E-state index contributed by atoms with van der Waals surface area (Å²) in [5, 5.41) is 8.88. The molecule has 32 heavy (non-hydrogen) atoms. The molecule has 0 spiro atoms. The lowest BCUT2D eigenvalue weighted by Crippen LogP contribution is -2.45. The molecule has 4 amide bonds. The Morgan fingerprint density at radius 1 is 1.06 bits per heavy atom. The van der Waals surface area contributed by atoms with Crippen molar-refractivity contribution in [2.75, 3.05) is 31.5 Å². The molecule has 9 heteroatoms. The number of urea groups is 1. The zero-order chi connectivity index (χ0) is 22.5. The van der Waals surface area contributed by atoms with E-state index in [1.165, 1.54) is 17.8 Å². The van der Waals surface area contributed by atoms with E-state index in [0.717, 1.165) is 62.3 Å². The summed E-state index contributed by atoms with van der Waals surface area (Å²) in [4.78, 5) is 40.2. The first kappa shape index (κ1) is 22.3. The van der Waals surface area contributed by atoms with Gasteiger partial charge in [-0.25, -0.2) is 4.79 Å². The maximum Gasteiger partial charge on any atom is 0.316 e. The predicted molar refractivity (Wildman–Crippen MR) is 126 cm³/mol. The van der Waals surface area contributed by atoms with Gasteiger partial charge in [0.1, 0.15) is 4.88 Å². The smallest absolute Gasteiger partial charge is 0.316 e. The van der Waals surface area contributed by atoms with Crippen molar-refractivity contribution >= 4 is 34.9 Å². The number of carbonyl (C=O) groups excluding carboxylic acids is 3. The summed E-state index contributed by atoms with van der Waals surface area (Å²) >= 11 is 1.30. The third kappa shape index (κ3) is 5.28. The number of nitrogens with zero attached hydrogens (tertiary/aromatic N) is 1. The molecule has 1 aromatic heterocycles. The van der Waals surface area contributed by atoms with Gasteiger partial charge in [-0.05, 0) is 62.4 Å². The number of hydrogen-bond donors (Lipinski definition) is 4. The Balaban J connectivity index is 1.52. The van der Waals surface area contributed by atoms with E-state index in [9.17, 15) is 14.4 Å². The Morgan fingerprint density at radius 3 is 2.47 bits per heavy atom.